The molecule has 4 nitrogen and oxygen atoms in total. The van der Waals surface area contributed by atoms with Crippen LogP contribution in [0.3, 0.4) is 0 Å². The Morgan fingerprint density at radius 1 is 1.48 bits per heavy atom. The number of carbonyl (C=O) groups excluding carboxylic acids is 1. The molecule has 1 fully saturated rings. The fraction of sp³-hybridized carbons (Fsp3) is 0.529. The van der Waals surface area contributed by atoms with Gasteiger partial charge in [-0.25, -0.2) is 4.98 Å². The highest BCUT2D eigenvalue weighted by molar-refractivity contribution is 5.92. The van der Waals surface area contributed by atoms with Gasteiger partial charge in [-0.2, -0.15) is 0 Å². The molecule has 2 N–H and O–H groups in total. The predicted molar refractivity (Wildman–Crippen MR) is 81.7 cm³/mol. The Kier molecular flexibility index (Phi) is 4.98. The zero-order valence-corrected chi connectivity index (χ0v) is 12.6. The van der Waals surface area contributed by atoms with Crippen LogP contribution >= 0.6 is 0 Å². The molecule has 1 amide bonds. The maximum atomic E-state index is 12.3. The number of carbonyl (C=O) groups is 1. The van der Waals surface area contributed by atoms with Gasteiger partial charge in [0.1, 0.15) is 12.3 Å². The van der Waals surface area contributed by atoms with Gasteiger partial charge in [-0.3, -0.25) is 4.79 Å². The van der Waals surface area contributed by atoms with Gasteiger partial charge in [-0.15, -0.1) is 0 Å². The molecule has 0 radical (unpaired) electrons. The highest BCUT2D eigenvalue weighted by Gasteiger charge is 2.33. The molecule has 0 aromatic carbocycles. The Hall–Kier alpha value is -1.86. The normalized spacial score (nSPS) is 20.2. The van der Waals surface area contributed by atoms with Crippen LogP contribution in [-0.4, -0.2) is 28.6 Å². The van der Waals surface area contributed by atoms with Crippen molar-refractivity contribution >= 4 is 5.91 Å². The standard InChI is InChI=1S/C17H22N2O2/c1-17(2)10-4-3-7-15(17)19-16(21)14-9-8-13(12-18-14)6-5-11-20/h8-9,12,15,20H,3-4,7,10-11H2,1-2H3,(H,19,21). The van der Waals surface area contributed by atoms with Crippen LogP contribution in [0.25, 0.3) is 0 Å². The van der Waals surface area contributed by atoms with Crippen LogP contribution in [0.15, 0.2) is 18.3 Å². The molecule has 1 aromatic heterocycles. The molecular weight excluding hydrogens is 264 g/mol. The molecule has 112 valence electrons. The minimum atomic E-state index is -0.182. The molecule has 1 saturated carbocycles. The van der Waals surface area contributed by atoms with Crippen LogP contribution in [0.1, 0.15) is 55.6 Å². The number of rotatable bonds is 2. The number of aliphatic hydroxyl groups excluding tert-OH is 1. The average molecular weight is 286 g/mol. The molecule has 0 bridgehead atoms. The smallest absolute Gasteiger partial charge is 0.270 e. The third-order valence-electron chi connectivity index (χ3n) is 4.12. The number of aliphatic hydroxyl groups is 1. The lowest BCUT2D eigenvalue weighted by Gasteiger charge is -2.38. The van der Waals surface area contributed by atoms with Gasteiger partial charge >= 0.3 is 0 Å². The predicted octanol–water partition coefficient (Wildman–Crippen LogP) is 2.12. The number of pyridine rings is 1. The van der Waals surface area contributed by atoms with Crippen molar-refractivity contribution in [2.75, 3.05) is 6.61 Å². The minimum Gasteiger partial charge on any atom is -0.384 e. The van der Waals surface area contributed by atoms with Crippen LogP contribution in [-0.2, 0) is 0 Å². The zero-order valence-electron chi connectivity index (χ0n) is 12.6. The Balaban J connectivity index is 2.03. The van der Waals surface area contributed by atoms with Gasteiger partial charge in [0.2, 0.25) is 0 Å². The number of hydrogen-bond donors (Lipinski definition) is 2. The van der Waals surface area contributed by atoms with Gasteiger partial charge in [0.05, 0.1) is 0 Å². The highest BCUT2D eigenvalue weighted by Crippen LogP contribution is 2.35. The highest BCUT2D eigenvalue weighted by atomic mass is 16.2. The van der Waals surface area contributed by atoms with E-state index in [-0.39, 0.29) is 24.0 Å². The van der Waals surface area contributed by atoms with Crippen molar-refractivity contribution in [3.05, 3.63) is 29.6 Å². The average Bonchev–Trinajstić information content (AvgIpc) is 2.47. The molecule has 1 unspecified atom stereocenters. The van der Waals surface area contributed by atoms with Crippen molar-refractivity contribution in [3.8, 4) is 11.8 Å². The van der Waals surface area contributed by atoms with Crippen molar-refractivity contribution in [3.63, 3.8) is 0 Å². The molecule has 1 atom stereocenters. The van der Waals surface area contributed by atoms with E-state index in [0.29, 0.717) is 11.3 Å². The topological polar surface area (TPSA) is 62.2 Å². The summed E-state index contributed by atoms with van der Waals surface area (Å²) < 4.78 is 0. The Morgan fingerprint density at radius 3 is 2.90 bits per heavy atom. The van der Waals surface area contributed by atoms with E-state index < -0.39 is 0 Å². The molecule has 1 aromatic rings. The largest absolute Gasteiger partial charge is 0.384 e. The molecule has 2 rings (SSSR count). The van der Waals surface area contributed by atoms with Crippen molar-refractivity contribution in [1.29, 1.82) is 0 Å². The van der Waals surface area contributed by atoms with E-state index in [0.717, 1.165) is 19.3 Å². The summed E-state index contributed by atoms with van der Waals surface area (Å²) in [7, 11) is 0. The number of nitrogens with one attached hydrogen (secondary N) is 1. The molecule has 0 aliphatic heterocycles. The van der Waals surface area contributed by atoms with E-state index in [1.54, 1.807) is 18.3 Å². The van der Waals surface area contributed by atoms with E-state index in [1.165, 1.54) is 6.42 Å². The summed E-state index contributed by atoms with van der Waals surface area (Å²) in [6.45, 7) is 4.23. The summed E-state index contributed by atoms with van der Waals surface area (Å²) >= 11 is 0. The fourth-order valence-corrected chi connectivity index (χ4v) is 2.74. The number of hydrogen-bond acceptors (Lipinski definition) is 3. The molecule has 1 aliphatic carbocycles. The van der Waals surface area contributed by atoms with Crippen LogP contribution in [0.2, 0.25) is 0 Å². The van der Waals surface area contributed by atoms with Gasteiger partial charge in [-0.1, -0.05) is 38.5 Å². The van der Waals surface area contributed by atoms with Crippen LogP contribution < -0.4 is 5.32 Å². The van der Waals surface area contributed by atoms with E-state index in [1.807, 2.05) is 0 Å². The van der Waals surface area contributed by atoms with Crippen LogP contribution in [0.4, 0.5) is 0 Å². The second-order valence-corrected chi connectivity index (χ2v) is 6.15. The molecule has 0 spiro atoms. The summed E-state index contributed by atoms with van der Waals surface area (Å²) in [5, 5.41) is 11.8. The first-order valence-electron chi connectivity index (χ1n) is 7.39. The van der Waals surface area contributed by atoms with Crippen molar-refractivity contribution < 1.29 is 9.90 Å². The molecule has 4 heteroatoms. The SMILES string of the molecule is CC1(C)CCCCC1NC(=O)c1ccc(C#CCO)cn1. The second-order valence-electron chi connectivity index (χ2n) is 6.15. The second kappa shape index (κ2) is 6.73. The Labute approximate surface area is 126 Å². The Bertz CT molecular complexity index is 552. The maximum Gasteiger partial charge on any atom is 0.270 e. The molecule has 1 heterocycles. The molecule has 1 aliphatic rings. The van der Waals surface area contributed by atoms with E-state index >= 15 is 0 Å². The van der Waals surface area contributed by atoms with Gasteiger partial charge < -0.3 is 10.4 Å². The van der Waals surface area contributed by atoms with E-state index in [2.05, 4.69) is 36.0 Å². The Morgan fingerprint density at radius 2 is 2.29 bits per heavy atom. The van der Waals surface area contributed by atoms with Gasteiger partial charge in [0, 0.05) is 17.8 Å². The van der Waals surface area contributed by atoms with Crippen LogP contribution in [0, 0.1) is 17.3 Å². The lowest BCUT2D eigenvalue weighted by atomic mass is 9.73. The van der Waals surface area contributed by atoms with Crippen molar-refractivity contribution in [2.24, 2.45) is 5.41 Å². The number of nitrogens with zero attached hydrogens (tertiary/aromatic N) is 1. The first kappa shape index (κ1) is 15.5. The van der Waals surface area contributed by atoms with Crippen molar-refractivity contribution in [1.82, 2.24) is 10.3 Å². The molecule has 0 saturated heterocycles. The quantitative estimate of drug-likeness (QED) is 0.819. The van der Waals surface area contributed by atoms with Gasteiger partial charge in [0.25, 0.3) is 5.91 Å². The number of aromatic nitrogens is 1. The summed E-state index contributed by atoms with van der Waals surface area (Å²) in [6, 6.07) is 3.62. The summed E-state index contributed by atoms with van der Waals surface area (Å²) in [6.07, 6.45) is 6.12. The van der Waals surface area contributed by atoms with Gasteiger partial charge in [-0.05, 0) is 30.4 Å². The fourth-order valence-electron chi connectivity index (χ4n) is 2.74. The first-order chi connectivity index (χ1) is 10.0. The maximum absolute atomic E-state index is 12.3. The lowest BCUT2D eigenvalue weighted by molar-refractivity contribution is 0.0848. The zero-order chi connectivity index (χ0) is 15.3. The number of amides is 1. The molecular formula is C17H22N2O2. The minimum absolute atomic E-state index is 0.128. The molecule has 21 heavy (non-hydrogen) atoms. The third-order valence-corrected chi connectivity index (χ3v) is 4.12. The summed E-state index contributed by atoms with van der Waals surface area (Å²) in [5.41, 5.74) is 1.24. The third kappa shape index (κ3) is 4.05. The summed E-state index contributed by atoms with van der Waals surface area (Å²) in [4.78, 5) is 16.4. The lowest BCUT2D eigenvalue weighted by Crippen LogP contribution is -2.47. The summed E-state index contributed by atoms with van der Waals surface area (Å²) in [5.74, 6) is 5.19. The monoisotopic (exact) mass is 286 g/mol. The van der Waals surface area contributed by atoms with Gasteiger partial charge in [0.15, 0.2) is 0 Å². The first-order valence-corrected chi connectivity index (χ1v) is 7.39. The van der Waals surface area contributed by atoms with E-state index in [4.69, 9.17) is 5.11 Å². The van der Waals surface area contributed by atoms with E-state index in [9.17, 15) is 4.79 Å². The van der Waals surface area contributed by atoms with Crippen molar-refractivity contribution in [2.45, 2.75) is 45.6 Å². The van der Waals surface area contributed by atoms with Crippen LogP contribution in [0.5, 0.6) is 0 Å².